The van der Waals surface area contributed by atoms with E-state index in [1.165, 1.54) is 5.56 Å². The molecular weight excluding hydrogens is 396 g/mol. The quantitative estimate of drug-likeness (QED) is 0.786. The van der Waals surface area contributed by atoms with Gasteiger partial charge in [0.05, 0.1) is 5.88 Å². The molecule has 2 atom stereocenters. The van der Waals surface area contributed by atoms with E-state index >= 15 is 0 Å². The molecule has 2 aromatic rings. The van der Waals surface area contributed by atoms with E-state index in [-0.39, 0.29) is 35.8 Å². The van der Waals surface area contributed by atoms with Crippen LogP contribution in [0.5, 0.6) is 0 Å². The molecule has 0 aliphatic carbocycles. The van der Waals surface area contributed by atoms with Crippen molar-refractivity contribution in [2.45, 2.75) is 51.6 Å². The van der Waals surface area contributed by atoms with Gasteiger partial charge in [-0.25, -0.2) is 0 Å². The van der Waals surface area contributed by atoms with Gasteiger partial charge >= 0.3 is 0 Å². The summed E-state index contributed by atoms with van der Waals surface area (Å²) in [5, 5.41) is 7.25. The molecule has 1 aromatic carbocycles. The maximum absolute atomic E-state index is 13.0. The predicted octanol–water partition coefficient (Wildman–Crippen LogP) is 3.83. The summed E-state index contributed by atoms with van der Waals surface area (Å²) in [6, 6.07) is 8.00. The largest absolute Gasteiger partial charge is 0.337 e. The lowest BCUT2D eigenvalue weighted by Gasteiger charge is -2.22. The van der Waals surface area contributed by atoms with Crippen LogP contribution in [0.25, 0.3) is 0 Å². The Morgan fingerprint density at radius 2 is 2.04 bits per heavy atom. The highest BCUT2D eigenvalue weighted by Gasteiger charge is 2.35. The van der Waals surface area contributed by atoms with Gasteiger partial charge in [0.2, 0.25) is 5.89 Å². The monoisotopic (exact) mass is 424 g/mol. The average Bonchev–Trinajstić information content (AvgIpc) is 3.29. The summed E-state index contributed by atoms with van der Waals surface area (Å²) < 4.78 is 5.48. The number of nitrogens with zero attached hydrogens (tertiary/aromatic N) is 3. The number of hydrogen-bond acceptors (Lipinski definition) is 6. The summed E-state index contributed by atoms with van der Waals surface area (Å²) in [5.74, 6) is 2.61. The normalized spacial score (nSPS) is 18.0. The minimum Gasteiger partial charge on any atom is -0.337 e. The molecule has 2 heterocycles. The Morgan fingerprint density at radius 3 is 2.64 bits per heavy atom. The molecular formula is C20H29ClN4O2S. The molecule has 1 amide bonds. The van der Waals surface area contributed by atoms with Gasteiger partial charge in [-0.1, -0.05) is 38.1 Å². The fourth-order valence-electron chi connectivity index (χ4n) is 2.99. The fraction of sp³-hybridized carbons (Fsp3) is 0.550. The van der Waals surface area contributed by atoms with Crippen molar-refractivity contribution in [3.05, 3.63) is 47.1 Å². The smallest absolute Gasteiger partial charge is 0.255 e. The van der Waals surface area contributed by atoms with Gasteiger partial charge in [-0.3, -0.25) is 4.79 Å². The molecule has 3 rings (SSSR count). The standard InChI is InChI=1S/C20H28N4O2S.ClH/c1-13(21-5)10-17-22-18(26-23-17)16-11-27-12-24(16)19(25)14-6-8-15(9-7-14)20(2,3)4;/h6-9,13,16,21H,10-12H2,1-5H3;1H. The zero-order chi connectivity index (χ0) is 19.6. The molecule has 0 radical (unpaired) electrons. The van der Waals surface area contributed by atoms with Gasteiger partial charge in [0.15, 0.2) is 5.82 Å². The number of halogens is 1. The number of rotatable bonds is 5. The Morgan fingerprint density at radius 1 is 1.36 bits per heavy atom. The Balaban J connectivity index is 0.00000280. The molecule has 1 N–H and O–H groups in total. The van der Waals surface area contributed by atoms with Crippen molar-refractivity contribution >= 4 is 30.1 Å². The number of carbonyl (C=O) groups excluding carboxylic acids is 1. The molecule has 0 spiro atoms. The first-order valence-corrected chi connectivity index (χ1v) is 10.4. The van der Waals surface area contributed by atoms with Crippen molar-refractivity contribution in [3.63, 3.8) is 0 Å². The first-order valence-electron chi connectivity index (χ1n) is 9.28. The van der Waals surface area contributed by atoms with E-state index in [2.05, 4.69) is 43.2 Å². The second-order valence-electron chi connectivity index (χ2n) is 8.06. The van der Waals surface area contributed by atoms with E-state index in [0.717, 1.165) is 5.75 Å². The number of amides is 1. The molecule has 2 unspecified atom stereocenters. The van der Waals surface area contributed by atoms with Crippen molar-refractivity contribution in [1.29, 1.82) is 0 Å². The second kappa shape index (κ2) is 9.29. The van der Waals surface area contributed by atoms with Crippen LogP contribution >= 0.6 is 24.2 Å². The first kappa shape index (κ1) is 22.7. The van der Waals surface area contributed by atoms with Crippen LogP contribution in [0, 0.1) is 0 Å². The molecule has 28 heavy (non-hydrogen) atoms. The number of carbonyl (C=O) groups is 1. The third kappa shape index (κ3) is 5.07. The third-order valence-electron chi connectivity index (χ3n) is 4.89. The highest BCUT2D eigenvalue weighted by atomic mass is 35.5. The van der Waals surface area contributed by atoms with Gasteiger partial charge in [-0.15, -0.1) is 24.2 Å². The Bertz CT molecular complexity index is 788. The van der Waals surface area contributed by atoms with Gasteiger partial charge < -0.3 is 14.7 Å². The van der Waals surface area contributed by atoms with Gasteiger partial charge in [0, 0.05) is 23.8 Å². The Kier molecular flexibility index (Phi) is 7.53. The highest BCUT2D eigenvalue weighted by molar-refractivity contribution is 7.99. The summed E-state index contributed by atoms with van der Waals surface area (Å²) in [4.78, 5) is 19.4. The predicted molar refractivity (Wildman–Crippen MR) is 115 cm³/mol. The van der Waals surface area contributed by atoms with Crippen LogP contribution in [0.1, 0.15) is 61.4 Å². The van der Waals surface area contributed by atoms with Crippen LogP contribution in [0.15, 0.2) is 28.8 Å². The minimum atomic E-state index is -0.170. The zero-order valence-electron chi connectivity index (χ0n) is 17.1. The first-order chi connectivity index (χ1) is 12.8. The fourth-order valence-corrected chi connectivity index (χ4v) is 4.13. The summed E-state index contributed by atoms with van der Waals surface area (Å²) in [6.45, 7) is 8.57. The van der Waals surface area contributed by atoms with E-state index in [9.17, 15) is 4.79 Å². The van der Waals surface area contributed by atoms with Crippen LogP contribution in [-0.2, 0) is 11.8 Å². The van der Waals surface area contributed by atoms with E-state index in [0.29, 0.717) is 29.6 Å². The maximum Gasteiger partial charge on any atom is 0.255 e. The Hall–Kier alpha value is -1.57. The molecule has 1 aromatic heterocycles. The van der Waals surface area contributed by atoms with Crippen LogP contribution < -0.4 is 5.32 Å². The number of thioether (sulfide) groups is 1. The molecule has 1 aliphatic rings. The third-order valence-corrected chi connectivity index (χ3v) is 5.90. The number of aromatic nitrogens is 2. The molecule has 0 bridgehead atoms. The number of hydrogen-bond donors (Lipinski definition) is 1. The second-order valence-corrected chi connectivity index (χ2v) is 9.06. The molecule has 1 fully saturated rings. The summed E-state index contributed by atoms with van der Waals surface area (Å²) >= 11 is 1.71. The summed E-state index contributed by atoms with van der Waals surface area (Å²) in [5.41, 5.74) is 1.98. The van der Waals surface area contributed by atoms with E-state index < -0.39 is 0 Å². The number of nitrogens with one attached hydrogen (secondary N) is 1. The molecule has 1 saturated heterocycles. The van der Waals surface area contributed by atoms with Crippen molar-refractivity contribution in [1.82, 2.24) is 20.4 Å². The highest BCUT2D eigenvalue weighted by Crippen LogP contribution is 2.34. The van der Waals surface area contributed by atoms with Gasteiger partial charge in [0.1, 0.15) is 6.04 Å². The molecule has 0 saturated carbocycles. The lowest BCUT2D eigenvalue weighted by Crippen LogP contribution is -2.31. The molecule has 154 valence electrons. The lowest BCUT2D eigenvalue weighted by atomic mass is 9.86. The van der Waals surface area contributed by atoms with Crippen LogP contribution in [0.3, 0.4) is 0 Å². The van der Waals surface area contributed by atoms with Crippen molar-refractivity contribution < 1.29 is 9.32 Å². The van der Waals surface area contributed by atoms with E-state index in [4.69, 9.17) is 4.52 Å². The van der Waals surface area contributed by atoms with Crippen LogP contribution in [-0.4, -0.2) is 45.7 Å². The van der Waals surface area contributed by atoms with Gasteiger partial charge in [-0.05, 0) is 37.1 Å². The van der Waals surface area contributed by atoms with Gasteiger partial charge in [-0.2, -0.15) is 4.98 Å². The van der Waals surface area contributed by atoms with Crippen LogP contribution in [0.4, 0.5) is 0 Å². The van der Waals surface area contributed by atoms with E-state index in [1.807, 2.05) is 36.2 Å². The Labute approximate surface area is 177 Å². The molecule has 1 aliphatic heterocycles. The summed E-state index contributed by atoms with van der Waals surface area (Å²) in [7, 11) is 1.91. The SMILES string of the molecule is CNC(C)Cc1noc(C2CSCN2C(=O)c2ccc(C(C)(C)C)cc2)n1.Cl. The van der Waals surface area contributed by atoms with E-state index in [1.54, 1.807) is 11.8 Å². The molecule has 8 heteroatoms. The van der Waals surface area contributed by atoms with Crippen molar-refractivity contribution in [2.75, 3.05) is 18.7 Å². The maximum atomic E-state index is 13.0. The topological polar surface area (TPSA) is 71.3 Å². The number of likely N-dealkylation sites (N-methyl/N-ethyl adjacent to an activating group) is 1. The zero-order valence-corrected chi connectivity index (χ0v) is 18.7. The van der Waals surface area contributed by atoms with Crippen molar-refractivity contribution in [2.24, 2.45) is 0 Å². The minimum absolute atomic E-state index is 0. The van der Waals surface area contributed by atoms with Crippen molar-refractivity contribution in [3.8, 4) is 0 Å². The van der Waals surface area contributed by atoms with Crippen LogP contribution in [0.2, 0.25) is 0 Å². The number of benzene rings is 1. The average molecular weight is 425 g/mol. The molecule has 6 nitrogen and oxygen atoms in total. The summed E-state index contributed by atoms with van der Waals surface area (Å²) in [6.07, 6.45) is 0.697. The lowest BCUT2D eigenvalue weighted by molar-refractivity contribution is 0.0722. The van der Waals surface area contributed by atoms with Gasteiger partial charge in [0.25, 0.3) is 5.91 Å².